The average molecular weight is 275 g/mol. The van der Waals surface area contributed by atoms with Crippen LogP contribution in [0.15, 0.2) is 18.2 Å². The first kappa shape index (κ1) is 12.4. The maximum absolute atomic E-state index is 11.9. The molecule has 1 aliphatic heterocycles. The van der Waals surface area contributed by atoms with Crippen molar-refractivity contribution in [2.45, 2.75) is 32.2 Å². The number of carbonyl (C=O) groups is 1. The van der Waals surface area contributed by atoms with Crippen molar-refractivity contribution in [1.82, 2.24) is 10.3 Å². The zero-order valence-corrected chi connectivity index (χ0v) is 11.7. The van der Waals surface area contributed by atoms with Gasteiger partial charge in [-0.3, -0.25) is 4.79 Å². The molecule has 1 fully saturated rings. The molecule has 19 heavy (non-hydrogen) atoms. The Balaban J connectivity index is 1.81. The molecular weight excluding hydrogens is 258 g/mol. The molecule has 5 heteroatoms. The van der Waals surface area contributed by atoms with Gasteiger partial charge in [0.15, 0.2) is 0 Å². The van der Waals surface area contributed by atoms with E-state index in [1.807, 2.05) is 19.1 Å². The quantitative estimate of drug-likeness (QED) is 0.886. The van der Waals surface area contributed by atoms with Gasteiger partial charge in [0.2, 0.25) is 5.91 Å². The molecule has 1 amide bonds. The van der Waals surface area contributed by atoms with Gasteiger partial charge < -0.3 is 10.6 Å². The van der Waals surface area contributed by atoms with E-state index in [9.17, 15) is 4.79 Å². The van der Waals surface area contributed by atoms with E-state index in [-0.39, 0.29) is 11.9 Å². The number of nitrogens with zero attached hydrogens (tertiary/aromatic N) is 1. The number of hydrogen-bond donors (Lipinski definition) is 2. The van der Waals surface area contributed by atoms with Crippen molar-refractivity contribution in [2.75, 3.05) is 11.9 Å². The summed E-state index contributed by atoms with van der Waals surface area (Å²) in [5.74, 6) is 0.109. The number of nitrogens with one attached hydrogen (secondary N) is 2. The van der Waals surface area contributed by atoms with E-state index in [1.54, 1.807) is 11.3 Å². The molecule has 100 valence electrons. The summed E-state index contributed by atoms with van der Waals surface area (Å²) in [7, 11) is 0. The van der Waals surface area contributed by atoms with Gasteiger partial charge in [-0.05, 0) is 44.4 Å². The van der Waals surface area contributed by atoms with Crippen LogP contribution >= 0.6 is 11.3 Å². The summed E-state index contributed by atoms with van der Waals surface area (Å²) in [5, 5.41) is 7.35. The molecule has 0 spiro atoms. The number of aryl methyl sites for hydroxylation is 1. The topological polar surface area (TPSA) is 54.0 Å². The Labute approximate surface area is 116 Å². The minimum absolute atomic E-state index is 0.109. The molecular formula is C14H17N3OS. The average Bonchev–Trinajstić information content (AvgIpc) is 2.64. The third kappa shape index (κ3) is 2.71. The maximum Gasteiger partial charge on any atom is 0.242 e. The van der Waals surface area contributed by atoms with E-state index < -0.39 is 0 Å². The number of hydrogen-bond acceptors (Lipinski definition) is 4. The van der Waals surface area contributed by atoms with E-state index >= 15 is 0 Å². The van der Waals surface area contributed by atoms with Crippen LogP contribution in [0.2, 0.25) is 0 Å². The van der Waals surface area contributed by atoms with Gasteiger partial charge >= 0.3 is 0 Å². The maximum atomic E-state index is 11.9. The molecule has 1 aromatic heterocycles. The zero-order chi connectivity index (χ0) is 13.2. The molecule has 3 rings (SSSR count). The molecule has 1 unspecified atom stereocenters. The second-order valence-electron chi connectivity index (χ2n) is 4.90. The van der Waals surface area contributed by atoms with E-state index in [0.29, 0.717) is 0 Å². The predicted molar refractivity (Wildman–Crippen MR) is 78.6 cm³/mol. The molecule has 2 N–H and O–H groups in total. The number of aromatic nitrogens is 1. The SMILES string of the molecule is Cc1nc2ccc(NC3CCCCNC3=O)cc2s1. The number of anilines is 1. The molecule has 1 aliphatic rings. The zero-order valence-electron chi connectivity index (χ0n) is 10.9. The van der Waals surface area contributed by atoms with Crippen LogP contribution in [0.5, 0.6) is 0 Å². The highest BCUT2D eigenvalue weighted by Crippen LogP contribution is 2.25. The lowest BCUT2D eigenvalue weighted by molar-refractivity contribution is -0.121. The molecule has 1 saturated heterocycles. The van der Waals surface area contributed by atoms with Crippen LogP contribution in [0.1, 0.15) is 24.3 Å². The Hall–Kier alpha value is -1.62. The lowest BCUT2D eigenvalue weighted by Gasteiger charge is -2.16. The third-order valence-electron chi connectivity index (χ3n) is 3.37. The van der Waals surface area contributed by atoms with E-state index in [0.717, 1.165) is 46.7 Å². The minimum atomic E-state index is -0.117. The van der Waals surface area contributed by atoms with Crippen molar-refractivity contribution in [1.29, 1.82) is 0 Å². The fraction of sp³-hybridized carbons (Fsp3) is 0.429. The summed E-state index contributed by atoms with van der Waals surface area (Å²) in [4.78, 5) is 16.3. The first-order valence-electron chi connectivity index (χ1n) is 6.64. The summed E-state index contributed by atoms with van der Waals surface area (Å²) in [6.07, 6.45) is 3.04. The van der Waals surface area contributed by atoms with Crippen molar-refractivity contribution in [3.8, 4) is 0 Å². The first-order valence-corrected chi connectivity index (χ1v) is 7.45. The molecule has 2 aromatic rings. The van der Waals surface area contributed by atoms with Gasteiger partial charge in [-0.1, -0.05) is 0 Å². The monoisotopic (exact) mass is 275 g/mol. The van der Waals surface area contributed by atoms with Crippen molar-refractivity contribution >= 4 is 33.1 Å². The second-order valence-corrected chi connectivity index (χ2v) is 6.13. The Morgan fingerprint density at radius 2 is 2.32 bits per heavy atom. The van der Waals surface area contributed by atoms with Crippen molar-refractivity contribution in [3.05, 3.63) is 23.2 Å². The third-order valence-corrected chi connectivity index (χ3v) is 4.31. The standard InChI is InChI=1S/C14H17N3OS/c1-9-16-11-6-5-10(8-13(11)19-9)17-12-4-2-3-7-15-14(12)18/h5-6,8,12,17H,2-4,7H2,1H3,(H,15,18). The lowest BCUT2D eigenvalue weighted by Crippen LogP contribution is -2.37. The van der Waals surface area contributed by atoms with Crippen molar-refractivity contribution in [2.24, 2.45) is 0 Å². The van der Waals surface area contributed by atoms with Crippen LogP contribution < -0.4 is 10.6 Å². The highest BCUT2D eigenvalue weighted by atomic mass is 32.1. The summed E-state index contributed by atoms with van der Waals surface area (Å²) in [6.45, 7) is 2.81. The Bertz CT molecular complexity index is 608. The lowest BCUT2D eigenvalue weighted by atomic mass is 10.1. The van der Waals surface area contributed by atoms with Crippen LogP contribution in [-0.2, 0) is 4.79 Å². The molecule has 0 aliphatic carbocycles. The highest BCUT2D eigenvalue weighted by Gasteiger charge is 2.20. The van der Waals surface area contributed by atoms with Crippen LogP contribution in [-0.4, -0.2) is 23.5 Å². The predicted octanol–water partition coefficient (Wildman–Crippen LogP) is 2.69. The number of thiazole rings is 1. The summed E-state index contributed by atoms with van der Waals surface area (Å²) in [5.41, 5.74) is 2.02. The van der Waals surface area contributed by atoms with E-state index in [4.69, 9.17) is 0 Å². The van der Waals surface area contributed by atoms with E-state index in [2.05, 4.69) is 21.7 Å². The Morgan fingerprint density at radius 1 is 1.42 bits per heavy atom. The molecule has 0 saturated carbocycles. The molecule has 0 radical (unpaired) electrons. The minimum Gasteiger partial charge on any atom is -0.374 e. The molecule has 0 bridgehead atoms. The number of amides is 1. The van der Waals surface area contributed by atoms with Gasteiger partial charge in [0, 0.05) is 12.2 Å². The van der Waals surface area contributed by atoms with Crippen LogP contribution in [0.25, 0.3) is 10.2 Å². The fourth-order valence-corrected chi connectivity index (χ4v) is 3.27. The van der Waals surface area contributed by atoms with Crippen LogP contribution in [0.3, 0.4) is 0 Å². The largest absolute Gasteiger partial charge is 0.374 e. The number of fused-ring (bicyclic) bond motifs is 1. The van der Waals surface area contributed by atoms with Gasteiger partial charge in [-0.15, -0.1) is 11.3 Å². The number of carbonyl (C=O) groups excluding carboxylic acids is 1. The Kier molecular flexibility index (Phi) is 3.38. The summed E-state index contributed by atoms with van der Waals surface area (Å²) in [6, 6.07) is 5.97. The van der Waals surface area contributed by atoms with Crippen molar-refractivity contribution in [3.63, 3.8) is 0 Å². The highest BCUT2D eigenvalue weighted by molar-refractivity contribution is 7.18. The number of benzene rings is 1. The van der Waals surface area contributed by atoms with Crippen molar-refractivity contribution < 1.29 is 4.79 Å². The summed E-state index contributed by atoms with van der Waals surface area (Å²) >= 11 is 1.68. The van der Waals surface area contributed by atoms with Gasteiger partial charge in [0.05, 0.1) is 15.2 Å². The Morgan fingerprint density at radius 3 is 3.21 bits per heavy atom. The molecule has 1 aromatic carbocycles. The summed E-state index contributed by atoms with van der Waals surface area (Å²) < 4.78 is 1.16. The molecule has 4 nitrogen and oxygen atoms in total. The van der Waals surface area contributed by atoms with Crippen LogP contribution in [0.4, 0.5) is 5.69 Å². The fourth-order valence-electron chi connectivity index (χ4n) is 2.41. The molecule has 2 heterocycles. The number of rotatable bonds is 2. The van der Waals surface area contributed by atoms with E-state index in [1.165, 1.54) is 0 Å². The van der Waals surface area contributed by atoms with Gasteiger partial charge in [-0.25, -0.2) is 4.98 Å². The van der Waals surface area contributed by atoms with Crippen LogP contribution in [0, 0.1) is 6.92 Å². The van der Waals surface area contributed by atoms with Gasteiger partial charge in [0.25, 0.3) is 0 Å². The second kappa shape index (κ2) is 5.17. The molecule has 1 atom stereocenters. The van der Waals surface area contributed by atoms with Gasteiger partial charge in [-0.2, -0.15) is 0 Å². The normalized spacial score (nSPS) is 20.1. The smallest absolute Gasteiger partial charge is 0.242 e. The van der Waals surface area contributed by atoms with Gasteiger partial charge in [0.1, 0.15) is 6.04 Å². The first-order chi connectivity index (χ1) is 9.22.